The van der Waals surface area contributed by atoms with Crippen molar-refractivity contribution >= 4 is 39.6 Å². The molecule has 2 aliphatic heterocycles. The Morgan fingerprint density at radius 3 is 2.50 bits per heavy atom. The molecule has 2 aromatic rings. The summed E-state index contributed by atoms with van der Waals surface area (Å²) < 4.78 is 14.9. The molecule has 0 spiro atoms. The van der Waals surface area contributed by atoms with E-state index >= 15 is 0 Å². The fourth-order valence-electron chi connectivity index (χ4n) is 4.37. The number of benzene rings is 1. The zero-order valence-electron chi connectivity index (χ0n) is 16.7. The third-order valence-electron chi connectivity index (χ3n) is 6.08. The number of anilines is 1. The molecule has 1 aromatic heterocycles. The van der Waals surface area contributed by atoms with Crippen LogP contribution in [0.3, 0.4) is 0 Å². The highest BCUT2D eigenvalue weighted by Crippen LogP contribution is 2.27. The van der Waals surface area contributed by atoms with Crippen LogP contribution >= 0.6 is 27.5 Å². The molecule has 0 amide bonds. The molecule has 0 unspecified atom stereocenters. The summed E-state index contributed by atoms with van der Waals surface area (Å²) in [4.78, 5) is 22.3. The number of carbonyl (C=O) groups is 1. The first kappa shape index (κ1) is 21.7. The number of carbonyl (C=O) groups excluding carboxylic acids is 1. The standard InChI is InChI=1S/C22H25BrClFN4O/c23-18-2-1-17(21(25)12-18)14-27-5-3-19(4-6-27)28-7-9-29(10-8-28)22-20(24)11-16(15-30)13-26-22/h1-2,11-13,15,19H,3-10,14H2. The Morgan fingerprint density at radius 1 is 1.13 bits per heavy atom. The van der Waals surface area contributed by atoms with E-state index in [1.165, 1.54) is 6.07 Å². The van der Waals surface area contributed by atoms with Crippen LogP contribution in [0.5, 0.6) is 0 Å². The smallest absolute Gasteiger partial charge is 0.151 e. The van der Waals surface area contributed by atoms with E-state index in [1.54, 1.807) is 12.3 Å². The molecule has 0 radical (unpaired) electrons. The Kier molecular flexibility index (Phi) is 7.03. The maximum atomic E-state index is 14.1. The van der Waals surface area contributed by atoms with Gasteiger partial charge in [0, 0.05) is 60.6 Å². The third kappa shape index (κ3) is 5.02. The average Bonchev–Trinajstić information content (AvgIpc) is 2.76. The molecule has 0 saturated carbocycles. The molecule has 0 atom stereocenters. The van der Waals surface area contributed by atoms with Crippen molar-refractivity contribution < 1.29 is 9.18 Å². The summed E-state index contributed by atoms with van der Waals surface area (Å²) in [5.74, 6) is 0.615. The van der Waals surface area contributed by atoms with Crippen LogP contribution in [0.2, 0.25) is 5.02 Å². The van der Waals surface area contributed by atoms with Gasteiger partial charge in [0.25, 0.3) is 0 Å². The number of hydrogen-bond donors (Lipinski definition) is 0. The van der Waals surface area contributed by atoms with Crippen molar-refractivity contribution in [3.05, 3.63) is 56.9 Å². The number of piperidine rings is 1. The van der Waals surface area contributed by atoms with E-state index in [-0.39, 0.29) is 5.82 Å². The van der Waals surface area contributed by atoms with Crippen LogP contribution in [0.25, 0.3) is 0 Å². The quantitative estimate of drug-likeness (QED) is 0.581. The van der Waals surface area contributed by atoms with Crippen molar-refractivity contribution in [3.8, 4) is 0 Å². The Morgan fingerprint density at radius 2 is 1.87 bits per heavy atom. The third-order valence-corrected chi connectivity index (χ3v) is 6.85. The van der Waals surface area contributed by atoms with E-state index in [0.717, 1.165) is 74.3 Å². The van der Waals surface area contributed by atoms with Gasteiger partial charge in [-0.05, 0) is 44.1 Å². The first-order valence-electron chi connectivity index (χ1n) is 10.3. The fourth-order valence-corrected chi connectivity index (χ4v) is 5.00. The van der Waals surface area contributed by atoms with E-state index in [4.69, 9.17) is 11.6 Å². The number of hydrogen-bond acceptors (Lipinski definition) is 5. The van der Waals surface area contributed by atoms with Gasteiger partial charge in [-0.25, -0.2) is 9.37 Å². The Labute approximate surface area is 189 Å². The van der Waals surface area contributed by atoms with Crippen LogP contribution in [-0.4, -0.2) is 66.4 Å². The number of piperazine rings is 1. The van der Waals surface area contributed by atoms with E-state index in [9.17, 15) is 9.18 Å². The molecule has 3 heterocycles. The monoisotopic (exact) mass is 494 g/mol. The minimum absolute atomic E-state index is 0.143. The number of nitrogens with zero attached hydrogens (tertiary/aromatic N) is 4. The number of rotatable bonds is 5. The first-order chi connectivity index (χ1) is 14.5. The van der Waals surface area contributed by atoms with Gasteiger partial charge < -0.3 is 4.90 Å². The van der Waals surface area contributed by atoms with Gasteiger partial charge in [0.1, 0.15) is 11.6 Å². The molecule has 4 rings (SSSR count). The van der Waals surface area contributed by atoms with Crippen molar-refractivity contribution in [2.75, 3.05) is 44.2 Å². The maximum Gasteiger partial charge on any atom is 0.151 e. The summed E-state index contributed by atoms with van der Waals surface area (Å²) >= 11 is 9.63. The number of halogens is 3. The molecule has 8 heteroatoms. The molecule has 2 fully saturated rings. The van der Waals surface area contributed by atoms with E-state index < -0.39 is 0 Å². The van der Waals surface area contributed by atoms with Gasteiger partial charge in [-0.3, -0.25) is 14.6 Å². The molecule has 0 N–H and O–H groups in total. The molecule has 160 valence electrons. The summed E-state index contributed by atoms with van der Waals surface area (Å²) in [7, 11) is 0. The predicted octanol–water partition coefficient (Wildman–Crippen LogP) is 4.24. The lowest BCUT2D eigenvalue weighted by atomic mass is 10.0. The van der Waals surface area contributed by atoms with E-state index in [0.29, 0.717) is 23.2 Å². The highest BCUT2D eigenvalue weighted by molar-refractivity contribution is 9.10. The zero-order valence-corrected chi connectivity index (χ0v) is 19.1. The summed E-state index contributed by atoms with van der Waals surface area (Å²) in [6.07, 6.45) is 4.54. The number of likely N-dealkylation sites (tertiary alicyclic amines) is 1. The van der Waals surface area contributed by atoms with Crippen LogP contribution < -0.4 is 4.90 Å². The minimum Gasteiger partial charge on any atom is -0.353 e. The molecule has 2 saturated heterocycles. The van der Waals surface area contributed by atoms with Crippen LogP contribution in [0.4, 0.5) is 10.2 Å². The molecule has 5 nitrogen and oxygen atoms in total. The van der Waals surface area contributed by atoms with Gasteiger partial charge in [-0.15, -0.1) is 0 Å². The molecule has 0 aliphatic carbocycles. The number of aromatic nitrogens is 1. The average molecular weight is 496 g/mol. The fraction of sp³-hybridized carbons (Fsp3) is 0.455. The minimum atomic E-state index is -0.143. The van der Waals surface area contributed by atoms with Gasteiger partial charge in [-0.1, -0.05) is 33.6 Å². The van der Waals surface area contributed by atoms with Crippen molar-refractivity contribution in [2.45, 2.75) is 25.4 Å². The van der Waals surface area contributed by atoms with Crippen molar-refractivity contribution in [1.29, 1.82) is 0 Å². The van der Waals surface area contributed by atoms with Crippen LogP contribution in [0.15, 0.2) is 34.9 Å². The van der Waals surface area contributed by atoms with E-state index in [2.05, 4.69) is 35.6 Å². The van der Waals surface area contributed by atoms with Crippen LogP contribution in [-0.2, 0) is 6.54 Å². The lowest BCUT2D eigenvalue weighted by Crippen LogP contribution is -2.53. The van der Waals surface area contributed by atoms with Crippen LogP contribution in [0, 0.1) is 5.82 Å². The van der Waals surface area contributed by atoms with E-state index in [1.807, 2.05) is 12.1 Å². The summed E-state index contributed by atoms with van der Waals surface area (Å²) in [5.41, 5.74) is 1.26. The first-order valence-corrected chi connectivity index (χ1v) is 11.5. The largest absolute Gasteiger partial charge is 0.353 e. The summed E-state index contributed by atoms with van der Waals surface area (Å²) in [6, 6.07) is 7.55. The number of aldehydes is 1. The maximum absolute atomic E-state index is 14.1. The van der Waals surface area contributed by atoms with Crippen LogP contribution in [0.1, 0.15) is 28.8 Å². The predicted molar refractivity (Wildman–Crippen MR) is 121 cm³/mol. The van der Waals surface area contributed by atoms with Gasteiger partial charge >= 0.3 is 0 Å². The number of pyridine rings is 1. The Balaban J connectivity index is 1.27. The van der Waals surface area contributed by atoms with Gasteiger partial charge in [0.05, 0.1) is 5.02 Å². The summed E-state index contributed by atoms with van der Waals surface area (Å²) in [6.45, 7) is 6.33. The molecule has 1 aromatic carbocycles. The van der Waals surface area contributed by atoms with Crippen molar-refractivity contribution in [3.63, 3.8) is 0 Å². The normalized spacial score (nSPS) is 19.2. The second-order valence-electron chi connectivity index (χ2n) is 7.96. The van der Waals surface area contributed by atoms with Gasteiger partial charge in [0.15, 0.2) is 6.29 Å². The lowest BCUT2D eigenvalue weighted by Gasteiger charge is -2.43. The Bertz CT molecular complexity index is 899. The summed E-state index contributed by atoms with van der Waals surface area (Å²) in [5, 5.41) is 0.529. The zero-order chi connectivity index (χ0) is 21.1. The Hall–Kier alpha value is -1.54. The molecular weight excluding hydrogens is 471 g/mol. The molecular formula is C22H25BrClFN4O. The van der Waals surface area contributed by atoms with Gasteiger partial charge in [0.2, 0.25) is 0 Å². The lowest BCUT2D eigenvalue weighted by molar-refractivity contribution is 0.0991. The highest BCUT2D eigenvalue weighted by atomic mass is 79.9. The van der Waals surface area contributed by atoms with Crippen molar-refractivity contribution in [1.82, 2.24) is 14.8 Å². The second-order valence-corrected chi connectivity index (χ2v) is 9.28. The topological polar surface area (TPSA) is 39.7 Å². The van der Waals surface area contributed by atoms with Crippen molar-refractivity contribution in [2.24, 2.45) is 0 Å². The molecule has 30 heavy (non-hydrogen) atoms. The second kappa shape index (κ2) is 9.73. The molecule has 2 aliphatic rings. The molecule has 0 bridgehead atoms. The highest BCUT2D eigenvalue weighted by Gasteiger charge is 2.28. The SMILES string of the molecule is O=Cc1cnc(N2CCN(C3CCN(Cc4ccc(Br)cc4F)CC3)CC2)c(Cl)c1. The van der Waals surface area contributed by atoms with Gasteiger partial charge in [-0.2, -0.15) is 0 Å².